The van der Waals surface area contributed by atoms with Gasteiger partial charge in [0.2, 0.25) is 0 Å². The molecule has 1 aliphatic heterocycles. The molecule has 2 heterocycles. The van der Waals surface area contributed by atoms with E-state index in [0.29, 0.717) is 26.4 Å². The molecule has 2 aromatic rings. The van der Waals surface area contributed by atoms with Crippen molar-refractivity contribution in [3.05, 3.63) is 66.0 Å². The van der Waals surface area contributed by atoms with Crippen LogP contribution in [0.3, 0.4) is 0 Å². The second kappa shape index (κ2) is 9.01. The molecular weight excluding hydrogens is 330 g/mol. The number of aromatic nitrogens is 1. The van der Waals surface area contributed by atoms with Crippen molar-refractivity contribution in [1.82, 2.24) is 9.88 Å². The lowest BCUT2D eigenvalue weighted by Crippen LogP contribution is -2.35. The number of benzene rings is 1. The Hall–Kier alpha value is -2.86. The topological polar surface area (TPSA) is 63.7 Å². The van der Waals surface area contributed by atoms with Crippen LogP contribution in [0.5, 0.6) is 0 Å². The standard InChI is InChI=1S/C20H23N3O3/c1-25-15-22-18-7-8-19(21-13-18)17-9-11-23(12-10-17)20(24)26-14-16-5-3-2-4-6-16/h2-9,13,22H,10-12,14-15H2,1H3. The molecule has 6 heteroatoms. The summed E-state index contributed by atoms with van der Waals surface area (Å²) in [6.07, 6.45) is 4.31. The molecule has 6 nitrogen and oxygen atoms in total. The first kappa shape index (κ1) is 17.9. The number of carbonyl (C=O) groups excluding carboxylic acids is 1. The Morgan fingerprint density at radius 3 is 2.73 bits per heavy atom. The molecule has 1 aliphatic rings. The van der Waals surface area contributed by atoms with E-state index in [1.165, 1.54) is 0 Å². The lowest BCUT2D eigenvalue weighted by Gasteiger charge is -2.25. The first-order valence-electron chi connectivity index (χ1n) is 8.60. The van der Waals surface area contributed by atoms with Crippen LogP contribution >= 0.6 is 0 Å². The Labute approximate surface area is 153 Å². The Morgan fingerprint density at radius 2 is 2.08 bits per heavy atom. The van der Waals surface area contributed by atoms with E-state index >= 15 is 0 Å². The lowest BCUT2D eigenvalue weighted by atomic mass is 10.0. The quantitative estimate of drug-likeness (QED) is 0.805. The summed E-state index contributed by atoms with van der Waals surface area (Å²) in [6, 6.07) is 13.6. The van der Waals surface area contributed by atoms with Crippen LogP contribution in [-0.2, 0) is 16.1 Å². The highest BCUT2D eigenvalue weighted by Crippen LogP contribution is 2.22. The Bertz CT molecular complexity index is 745. The van der Waals surface area contributed by atoms with Crippen LogP contribution < -0.4 is 5.32 Å². The zero-order chi connectivity index (χ0) is 18.2. The van der Waals surface area contributed by atoms with Crippen LogP contribution in [0.4, 0.5) is 10.5 Å². The Balaban J connectivity index is 1.51. The molecule has 3 rings (SSSR count). The molecular formula is C20H23N3O3. The van der Waals surface area contributed by atoms with Gasteiger partial charge in [-0.3, -0.25) is 4.98 Å². The van der Waals surface area contributed by atoms with Gasteiger partial charge in [-0.1, -0.05) is 36.4 Å². The first-order valence-corrected chi connectivity index (χ1v) is 8.60. The molecule has 0 fully saturated rings. The summed E-state index contributed by atoms with van der Waals surface area (Å²) in [5, 5.41) is 3.10. The van der Waals surface area contributed by atoms with Gasteiger partial charge in [0.15, 0.2) is 0 Å². The fourth-order valence-corrected chi connectivity index (χ4v) is 2.72. The van der Waals surface area contributed by atoms with Crippen LogP contribution in [0.2, 0.25) is 0 Å². The fraction of sp³-hybridized carbons (Fsp3) is 0.300. The van der Waals surface area contributed by atoms with Crippen molar-refractivity contribution in [2.75, 3.05) is 32.2 Å². The third-order valence-corrected chi connectivity index (χ3v) is 4.19. The third-order valence-electron chi connectivity index (χ3n) is 4.19. The number of nitrogens with one attached hydrogen (secondary N) is 1. The Kier molecular flexibility index (Phi) is 6.22. The summed E-state index contributed by atoms with van der Waals surface area (Å²) in [5.41, 5.74) is 3.99. The van der Waals surface area contributed by atoms with E-state index in [2.05, 4.69) is 10.3 Å². The molecule has 0 spiro atoms. The molecule has 0 unspecified atom stereocenters. The van der Waals surface area contributed by atoms with Crippen LogP contribution in [0.1, 0.15) is 17.7 Å². The highest BCUT2D eigenvalue weighted by molar-refractivity contribution is 5.71. The van der Waals surface area contributed by atoms with Crippen molar-refractivity contribution in [3.8, 4) is 0 Å². The van der Waals surface area contributed by atoms with E-state index in [1.54, 1.807) is 18.2 Å². The molecule has 0 aliphatic carbocycles. The predicted molar refractivity (Wildman–Crippen MR) is 101 cm³/mol. The van der Waals surface area contributed by atoms with E-state index in [9.17, 15) is 4.79 Å². The molecule has 0 bridgehead atoms. The van der Waals surface area contributed by atoms with E-state index in [0.717, 1.165) is 28.9 Å². The van der Waals surface area contributed by atoms with Gasteiger partial charge in [-0.25, -0.2) is 4.79 Å². The number of hydrogen-bond donors (Lipinski definition) is 1. The number of nitrogens with zero attached hydrogens (tertiary/aromatic N) is 2. The van der Waals surface area contributed by atoms with Gasteiger partial charge in [-0.05, 0) is 29.7 Å². The van der Waals surface area contributed by atoms with Gasteiger partial charge in [-0.15, -0.1) is 0 Å². The maximum Gasteiger partial charge on any atom is 0.410 e. The number of anilines is 1. The number of ether oxygens (including phenoxy) is 2. The van der Waals surface area contributed by atoms with Gasteiger partial charge < -0.3 is 19.7 Å². The summed E-state index contributed by atoms with van der Waals surface area (Å²) in [6.45, 7) is 1.91. The summed E-state index contributed by atoms with van der Waals surface area (Å²) >= 11 is 0. The summed E-state index contributed by atoms with van der Waals surface area (Å²) < 4.78 is 10.4. The number of rotatable bonds is 6. The van der Waals surface area contributed by atoms with Crippen molar-refractivity contribution < 1.29 is 14.3 Å². The zero-order valence-corrected chi connectivity index (χ0v) is 14.9. The van der Waals surface area contributed by atoms with Crippen molar-refractivity contribution >= 4 is 17.4 Å². The summed E-state index contributed by atoms with van der Waals surface area (Å²) in [7, 11) is 1.64. The van der Waals surface area contributed by atoms with Gasteiger partial charge in [0.25, 0.3) is 0 Å². The second-order valence-electron chi connectivity index (χ2n) is 6.01. The Morgan fingerprint density at radius 1 is 1.23 bits per heavy atom. The molecule has 0 saturated carbocycles. The number of amides is 1. The number of carbonyl (C=O) groups is 1. The SMILES string of the molecule is COCNc1ccc(C2=CCN(C(=O)OCc3ccccc3)CC2)nc1. The molecule has 1 amide bonds. The molecule has 0 saturated heterocycles. The molecule has 0 radical (unpaired) electrons. The predicted octanol–water partition coefficient (Wildman–Crippen LogP) is 3.52. The molecule has 1 aromatic heterocycles. The summed E-state index contributed by atoms with van der Waals surface area (Å²) in [4.78, 5) is 18.4. The van der Waals surface area contributed by atoms with Crippen molar-refractivity contribution in [1.29, 1.82) is 0 Å². The average Bonchev–Trinajstić information content (AvgIpc) is 2.72. The van der Waals surface area contributed by atoms with Gasteiger partial charge in [0.1, 0.15) is 13.3 Å². The van der Waals surface area contributed by atoms with E-state index < -0.39 is 0 Å². The summed E-state index contributed by atoms with van der Waals surface area (Å²) in [5.74, 6) is 0. The molecule has 1 N–H and O–H groups in total. The number of hydrogen-bond acceptors (Lipinski definition) is 5. The van der Waals surface area contributed by atoms with Gasteiger partial charge in [0, 0.05) is 20.2 Å². The maximum absolute atomic E-state index is 12.2. The van der Waals surface area contributed by atoms with Crippen molar-refractivity contribution in [3.63, 3.8) is 0 Å². The third kappa shape index (κ3) is 4.83. The van der Waals surface area contributed by atoms with Crippen molar-refractivity contribution in [2.24, 2.45) is 0 Å². The second-order valence-corrected chi connectivity index (χ2v) is 6.01. The van der Waals surface area contributed by atoms with Gasteiger partial charge in [0.05, 0.1) is 17.6 Å². The van der Waals surface area contributed by atoms with E-state index in [1.807, 2.05) is 48.5 Å². The smallest absolute Gasteiger partial charge is 0.410 e. The van der Waals surface area contributed by atoms with Crippen LogP contribution in [-0.4, -0.2) is 42.9 Å². The van der Waals surface area contributed by atoms with Gasteiger partial charge in [-0.2, -0.15) is 0 Å². The van der Waals surface area contributed by atoms with Crippen LogP contribution in [0, 0.1) is 0 Å². The highest BCUT2D eigenvalue weighted by atomic mass is 16.6. The molecule has 136 valence electrons. The molecule has 1 aromatic carbocycles. The van der Waals surface area contributed by atoms with Crippen LogP contribution in [0.25, 0.3) is 5.57 Å². The minimum absolute atomic E-state index is 0.281. The first-order chi connectivity index (χ1) is 12.8. The number of methoxy groups -OCH3 is 1. The van der Waals surface area contributed by atoms with Crippen molar-refractivity contribution in [2.45, 2.75) is 13.0 Å². The minimum atomic E-state index is -0.281. The van der Waals surface area contributed by atoms with E-state index in [-0.39, 0.29) is 6.09 Å². The molecule has 26 heavy (non-hydrogen) atoms. The lowest BCUT2D eigenvalue weighted by molar-refractivity contribution is 0.0998. The maximum atomic E-state index is 12.2. The highest BCUT2D eigenvalue weighted by Gasteiger charge is 2.19. The molecule has 0 atom stereocenters. The minimum Gasteiger partial charge on any atom is -0.445 e. The average molecular weight is 353 g/mol. The zero-order valence-electron chi connectivity index (χ0n) is 14.9. The van der Waals surface area contributed by atoms with Crippen LogP contribution in [0.15, 0.2) is 54.7 Å². The number of pyridine rings is 1. The normalized spacial score (nSPS) is 13.9. The van der Waals surface area contributed by atoms with Gasteiger partial charge >= 0.3 is 6.09 Å². The fourth-order valence-electron chi connectivity index (χ4n) is 2.72. The van der Waals surface area contributed by atoms with E-state index in [4.69, 9.17) is 9.47 Å². The monoisotopic (exact) mass is 353 g/mol. The largest absolute Gasteiger partial charge is 0.445 e.